The number of rotatable bonds is 3. The number of carbonyl (C=O) groups is 1. The van der Waals surface area contributed by atoms with E-state index in [0.29, 0.717) is 0 Å². The van der Waals surface area contributed by atoms with E-state index < -0.39 is 5.97 Å². The number of carboxylic acids is 1. The zero-order valence-electron chi connectivity index (χ0n) is 10.2. The number of fused-ring (bicyclic) bond motifs is 1. The van der Waals surface area contributed by atoms with Crippen LogP contribution in [0.4, 0.5) is 0 Å². The van der Waals surface area contributed by atoms with E-state index >= 15 is 0 Å². The maximum absolute atomic E-state index is 10.9. The number of aliphatic carboxylic acids is 1. The molecule has 17 heavy (non-hydrogen) atoms. The predicted octanol–water partition coefficient (Wildman–Crippen LogP) is 3.69. The Bertz CT molecular complexity index is 464. The predicted molar refractivity (Wildman–Crippen MR) is 71.4 cm³/mol. The summed E-state index contributed by atoms with van der Waals surface area (Å²) in [4.78, 5) is 10.9. The molecule has 0 fully saturated rings. The number of aryl methyl sites for hydroxylation is 1. The molecule has 0 spiro atoms. The summed E-state index contributed by atoms with van der Waals surface area (Å²) >= 11 is 3.61. The lowest BCUT2D eigenvalue weighted by molar-refractivity contribution is -0.138. The van der Waals surface area contributed by atoms with Gasteiger partial charge in [-0.3, -0.25) is 4.79 Å². The van der Waals surface area contributed by atoms with Crippen LogP contribution in [0.25, 0.3) is 0 Å². The second kappa shape index (κ2) is 4.45. The average Bonchev–Trinajstić information content (AvgIpc) is 2.63. The number of hydrogen-bond acceptors (Lipinski definition) is 1. The summed E-state index contributed by atoms with van der Waals surface area (Å²) < 4.78 is 1.14. The van der Waals surface area contributed by atoms with Gasteiger partial charge in [0.25, 0.3) is 0 Å². The minimum absolute atomic E-state index is 0.165. The second-order valence-corrected chi connectivity index (χ2v) is 6.26. The molecule has 1 aliphatic rings. The second-order valence-electron chi connectivity index (χ2n) is 5.40. The molecule has 0 aliphatic heterocycles. The molecule has 0 bridgehead atoms. The van der Waals surface area contributed by atoms with Crippen LogP contribution in [0.1, 0.15) is 43.4 Å². The fourth-order valence-electron chi connectivity index (χ4n) is 2.52. The van der Waals surface area contributed by atoms with Gasteiger partial charge in [0.15, 0.2) is 0 Å². The summed E-state index contributed by atoms with van der Waals surface area (Å²) in [7, 11) is 0. The fourth-order valence-corrected chi connectivity index (χ4v) is 3.22. The van der Waals surface area contributed by atoms with Crippen LogP contribution in [-0.4, -0.2) is 11.1 Å². The molecule has 0 saturated carbocycles. The van der Waals surface area contributed by atoms with Gasteiger partial charge < -0.3 is 5.11 Å². The van der Waals surface area contributed by atoms with Gasteiger partial charge in [-0.2, -0.15) is 0 Å². The van der Waals surface area contributed by atoms with Crippen LogP contribution in [0.15, 0.2) is 16.6 Å². The molecule has 0 heterocycles. The molecule has 1 aliphatic carbocycles. The van der Waals surface area contributed by atoms with Crippen molar-refractivity contribution in [2.75, 3.05) is 0 Å². The van der Waals surface area contributed by atoms with E-state index in [0.717, 1.165) is 22.9 Å². The van der Waals surface area contributed by atoms with Crippen LogP contribution in [0.2, 0.25) is 0 Å². The van der Waals surface area contributed by atoms with Crippen LogP contribution < -0.4 is 0 Å². The Morgan fingerprint density at radius 3 is 2.76 bits per heavy atom. The van der Waals surface area contributed by atoms with Gasteiger partial charge >= 0.3 is 5.97 Å². The molecule has 1 N–H and O–H groups in total. The lowest BCUT2D eigenvalue weighted by Gasteiger charge is -2.24. The monoisotopic (exact) mass is 296 g/mol. The fraction of sp³-hybridized carbons (Fsp3) is 0.500. The molecule has 1 aromatic rings. The molecule has 92 valence electrons. The van der Waals surface area contributed by atoms with E-state index in [4.69, 9.17) is 5.11 Å². The van der Waals surface area contributed by atoms with Gasteiger partial charge in [0.2, 0.25) is 0 Å². The summed E-state index contributed by atoms with van der Waals surface area (Å²) in [5.74, 6) is -0.744. The first-order chi connectivity index (χ1) is 7.90. The lowest BCUT2D eigenvalue weighted by Crippen LogP contribution is -2.22. The SMILES string of the molecule is CC(C)(CC(=O)O)c1cc(Br)c2c(c1)CCC2. The van der Waals surface area contributed by atoms with Gasteiger partial charge in [-0.25, -0.2) is 0 Å². The first-order valence-corrected chi connectivity index (χ1v) is 6.73. The highest BCUT2D eigenvalue weighted by Gasteiger charge is 2.26. The van der Waals surface area contributed by atoms with Gasteiger partial charge in [0, 0.05) is 9.89 Å². The summed E-state index contributed by atoms with van der Waals surface area (Å²) in [5, 5.41) is 8.96. The third-order valence-corrected chi connectivity index (χ3v) is 4.24. The topological polar surface area (TPSA) is 37.3 Å². The molecule has 1 aromatic carbocycles. The normalized spacial score (nSPS) is 14.8. The Balaban J connectivity index is 2.40. The minimum Gasteiger partial charge on any atom is -0.481 e. The zero-order valence-corrected chi connectivity index (χ0v) is 11.8. The van der Waals surface area contributed by atoms with Crippen molar-refractivity contribution in [2.24, 2.45) is 0 Å². The highest BCUT2D eigenvalue weighted by Crippen LogP contribution is 2.36. The van der Waals surface area contributed by atoms with Crippen LogP contribution in [0.3, 0.4) is 0 Å². The maximum Gasteiger partial charge on any atom is 0.304 e. The first kappa shape index (κ1) is 12.6. The van der Waals surface area contributed by atoms with Crippen molar-refractivity contribution in [1.82, 2.24) is 0 Å². The Kier molecular flexibility index (Phi) is 3.30. The molecule has 2 nitrogen and oxygen atoms in total. The van der Waals surface area contributed by atoms with Crippen LogP contribution >= 0.6 is 15.9 Å². The Morgan fingerprint density at radius 2 is 2.12 bits per heavy atom. The Labute approximate surface area is 110 Å². The van der Waals surface area contributed by atoms with Crippen LogP contribution in [0, 0.1) is 0 Å². The highest BCUT2D eigenvalue weighted by molar-refractivity contribution is 9.10. The van der Waals surface area contributed by atoms with Crippen molar-refractivity contribution >= 4 is 21.9 Å². The maximum atomic E-state index is 10.9. The number of carboxylic acid groups (broad SMARTS) is 1. The third-order valence-electron chi connectivity index (χ3n) is 3.54. The molecular formula is C14H17BrO2. The molecule has 0 saturated heterocycles. The minimum atomic E-state index is -0.744. The highest BCUT2D eigenvalue weighted by atomic mass is 79.9. The van der Waals surface area contributed by atoms with E-state index in [1.807, 2.05) is 13.8 Å². The Hall–Kier alpha value is -0.830. The van der Waals surface area contributed by atoms with Gasteiger partial charge in [-0.05, 0) is 42.0 Å². The van der Waals surface area contributed by atoms with Crippen molar-refractivity contribution in [3.8, 4) is 0 Å². The number of hydrogen-bond donors (Lipinski definition) is 1. The van der Waals surface area contributed by atoms with E-state index in [2.05, 4.69) is 28.1 Å². The van der Waals surface area contributed by atoms with Gasteiger partial charge in [0.1, 0.15) is 0 Å². The van der Waals surface area contributed by atoms with Gasteiger partial charge in [-0.1, -0.05) is 35.8 Å². The van der Waals surface area contributed by atoms with Crippen molar-refractivity contribution in [3.05, 3.63) is 33.3 Å². The smallest absolute Gasteiger partial charge is 0.304 e. The molecule has 0 aromatic heterocycles. The van der Waals surface area contributed by atoms with Crippen LogP contribution in [0.5, 0.6) is 0 Å². The third kappa shape index (κ3) is 2.54. The number of halogens is 1. The number of benzene rings is 1. The van der Waals surface area contributed by atoms with Crippen molar-refractivity contribution in [2.45, 2.75) is 44.9 Å². The summed E-state index contributed by atoms with van der Waals surface area (Å²) in [6.45, 7) is 3.98. The summed E-state index contributed by atoms with van der Waals surface area (Å²) in [6.07, 6.45) is 3.62. The first-order valence-electron chi connectivity index (χ1n) is 5.94. The molecule has 0 amide bonds. The Morgan fingerprint density at radius 1 is 1.41 bits per heavy atom. The largest absolute Gasteiger partial charge is 0.481 e. The quantitative estimate of drug-likeness (QED) is 0.924. The lowest BCUT2D eigenvalue weighted by atomic mass is 9.80. The summed E-state index contributed by atoms with van der Waals surface area (Å²) in [6, 6.07) is 4.28. The van der Waals surface area contributed by atoms with Crippen molar-refractivity contribution in [1.29, 1.82) is 0 Å². The average molecular weight is 297 g/mol. The summed E-state index contributed by atoms with van der Waals surface area (Å²) in [5.41, 5.74) is 3.59. The van der Waals surface area contributed by atoms with Crippen LogP contribution in [-0.2, 0) is 23.1 Å². The van der Waals surface area contributed by atoms with Crippen molar-refractivity contribution in [3.63, 3.8) is 0 Å². The molecular weight excluding hydrogens is 280 g/mol. The molecule has 0 unspecified atom stereocenters. The van der Waals surface area contributed by atoms with Crippen molar-refractivity contribution < 1.29 is 9.90 Å². The van der Waals surface area contributed by atoms with E-state index in [9.17, 15) is 4.79 Å². The van der Waals surface area contributed by atoms with E-state index in [1.54, 1.807) is 0 Å². The molecule has 0 atom stereocenters. The molecule has 0 radical (unpaired) electrons. The van der Waals surface area contributed by atoms with E-state index in [-0.39, 0.29) is 11.8 Å². The van der Waals surface area contributed by atoms with Gasteiger partial charge in [-0.15, -0.1) is 0 Å². The standard InChI is InChI=1S/C14H17BrO2/c1-14(2,8-13(16)17)10-6-9-4-3-5-11(9)12(15)7-10/h6-7H,3-5,8H2,1-2H3,(H,16,17). The van der Waals surface area contributed by atoms with E-state index in [1.165, 1.54) is 17.5 Å². The van der Waals surface area contributed by atoms with Gasteiger partial charge in [0.05, 0.1) is 6.42 Å². The molecule has 2 rings (SSSR count). The zero-order chi connectivity index (χ0) is 12.6. The molecule has 3 heteroatoms.